The van der Waals surface area contributed by atoms with Crippen molar-refractivity contribution in [3.8, 4) is 0 Å². The number of ether oxygens (including phenoxy) is 1. The monoisotopic (exact) mass is 230 g/mol. The van der Waals surface area contributed by atoms with E-state index < -0.39 is 6.04 Å². The SMILES string of the molecule is CCC(C)(C)NC(=O)C(N)COC(C)(C)C. The molecule has 0 aromatic heterocycles. The molecule has 1 amide bonds. The summed E-state index contributed by atoms with van der Waals surface area (Å²) in [6, 6.07) is -0.606. The van der Waals surface area contributed by atoms with E-state index in [9.17, 15) is 4.79 Å². The highest BCUT2D eigenvalue weighted by Gasteiger charge is 2.23. The van der Waals surface area contributed by atoms with Crippen molar-refractivity contribution in [1.29, 1.82) is 0 Å². The molecular formula is C12H26N2O2. The van der Waals surface area contributed by atoms with Gasteiger partial charge in [0.25, 0.3) is 0 Å². The lowest BCUT2D eigenvalue weighted by molar-refractivity contribution is -0.126. The molecule has 4 nitrogen and oxygen atoms in total. The van der Waals surface area contributed by atoms with Gasteiger partial charge in [0.05, 0.1) is 12.2 Å². The second kappa shape index (κ2) is 5.64. The fraction of sp³-hybridized carbons (Fsp3) is 0.917. The van der Waals surface area contributed by atoms with Gasteiger partial charge in [0.1, 0.15) is 6.04 Å². The van der Waals surface area contributed by atoms with Gasteiger partial charge < -0.3 is 15.8 Å². The number of amides is 1. The zero-order valence-corrected chi connectivity index (χ0v) is 11.4. The number of nitrogens with two attached hydrogens (primary N) is 1. The van der Waals surface area contributed by atoms with Crippen LogP contribution in [0.1, 0.15) is 48.0 Å². The maximum absolute atomic E-state index is 11.7. The van der Waals surface area contributed by atoms with Crippen LogP contribution in [0.25, 0.3) is 0 Å². The number of hydrogen-bond donors (Lipinski definition) is 2. The molecule has 1 atom stereocenters. The second-order valence-corrected chi connectivity index (χ2v) is 5.76. The molecule has 3 N–H and O–H groups in total. The maximum atomic E-state index is 11.7. The first-order chi connectivity index (χ1) is 7.07. The fourth-order valence-electron chi connectivity index (χ4n) is 0.930. The lowest BCUT2D eigenvalue weighted by Crippen LogP contribution is -2.52. The van der Waals surface area contributed by atoms with Gasteiger partial charge in [-0.05, 0) is 41.0 Å². The van der Waals surface area contributed by atoms with Gasteiger partial charge in [0, 0.05) is 5.54 Å². The van der Waals surface area contributed by atoms with Crippen molar-refractivity contribution in [3.63, 3.8) is 0 Å². The zero-order chi connectivity index (χ0) is 13.0. The molecule has 0 aromatic carbocycles. The minimum Gasteiger partial charge on any atom is -0.374 e. The molecule has 0 heterocycles. The Morgan fingerprint density at radius 3 is 2.19 bits per heavy atom. The van der Waals surface area contributed by atoms with E-state index in [1.165, 1.54) is 0 Å². The minimum atomic E-state index is -0.606. The Balaban J connectivity index is 4.10. The van der Waals surface area contributed by atoms with E-state index >= 15 is 0 Å². The first-order valence-electron chi connectivity index (χ1n) is 5.79. The van der Waals surface area contributed by atoms with Gasteiger partial charge in [-0.3, -0.25) is 4.79 Å². The summed E-state index contributed by atoms with van der Waals surface area (Å²) in [6.07, 6.45) is 0.867. The summed E-state index contributed by atoms with van der Waals surface area (Å²) in [5.41, 5.74) is 5.27. The van der Waals surface area contributed by atoms with Gasteiger partial charge in [-0.15, -0.1) is 0 Å². The summed E-state index contributed by atoms with van der Waals surface area (Å²) in [5, 5.41) is 2.90. The summed E-state index contributed by atoms with van der Waals surface area (Å²) >= 11 is 0. The van der Waals surface area contributed by atoms with Gasteiger partial charge >= 0.3 is 0 Å². The minimum absolute atomic E-state index is 0.156. The van der Waals surface area contributed by atoms with Crippen LogP contribution < -0.4 is 11.1 Å². The lowest BCUT2D eigenvalue weighted by Gasteiger charge is -2.27. The number of nitrogens with one attached hydrogen (secondary N) is 1. The highest BCUT2D eigenvalue weighted by molar-refractivity contribution is 5.82. The third-order valence-corrected chi connectivity index (χ3v) is 2.38. The normalized spacial score (nSPS) is 14.7. The molecular weight excluding hydrogens is 204 g/mol. The summed E-state index contributed by atoms with van der Waals surface area (Å²) in [6.45, 7) is 12.0. The Labute approximate surface area is 98.9 Å². The number of carbonyl (C=O) groups excluding carboxylic acids is 1. The molecule has 0 aliphatic heterocycles. The number of carbonyl (C=O) groups is 1. The van der Waals surface area contributed by atoms with Crippen LogP contribution in [0.2, 0.25) is 0 Å². The Hall–Kier alpha value is -0.610. The molecule has 1 unspecified atom stereocenters. The van der Waals surface area contributed by atoms with Crippen LogP contribution in [0.3, 0.4) is 0 Å². The van der Waals surface area contributed by atoms with Crippen molar-refractivity contribution in [1.82, 2.24) is 5.32 Å². The van der Waals surface area contributed by atoms with Gasteiger partial charge in [-0.1, -0.05) is 6.92 Å². The van der Waals surface area contributed by atoms with Crippen molar-refractivity contribution >= 4 is 5.91 Å². The standard InChI is InChI=1S/C12H26N2O2/c1-7-12(5,6)14-10(15)9(13)8-16-11(2,3)4/h9H,7-8,13H2,1-6H3,(H,14,15). The molecule has 0 bridgehead atoms. The highest BCUT2D eigenvalue weighted by atomic mass is 16.5. The summed E-state index contributed by atoms with van der Waals surface area (Å²) < 4.78 is 5.47. The summed E-state index contributed by atoms with van der Waals surface area (Å²) in [7, 11) is 0. The fourth-order valence-corrected chi connectivity index (χ4v) is 0.930. The van der Waals surface area contributed by atoms with Gasteiger partial charge in [-0.25, -0.2) is 0 Å². The third kappa shape index (κ3) is 6.80. The predicted molar refractivity (Wildman–Crippen MR) is 66.2 cm³/mol. The Morgan fingerprint density at radius 2 is 1.81 bits per heavy atom. The van der Waals surface area contributed by atoms with Crippen molar-refractivity contribution < 1.29 is 9.53 Å². The molecule has 0 fully saturated rings. The Bertz CT molecular complexity index is 232. The topological polar surface area (TPSA) is 64.4 Å². The molecule has 16 heavy (non-hydrogen) atoms. The van der Waals surface area contributed by atoms with Gasteiger partial charge in [0.2, 0.25) is 5.91 Å². The van der Waals surface area contributed by atoms with E-state index in [4.69, 9.17) is 10.5 Å². The summed E-state index contributed by atoms with van der Waals surface area (Å²) in [5.74, 6) is -0.156. The molecule has 0 rings (SSSR count). The van der Waals surface area contributed by atoms with E-state index in [1.807, 2.05) is 41.5 Å². The number of rotatable bonds is 5. The third-order valence-electron chi connectivity index (χ3n) is 2.38. The van der Waals surface area contributed by atoms with Crippen LogP contribution in [-0.2, 0) is 9.53 Å². The zero-order valence-electron chi connectivity index (χ0n) is 11.4. The van der Waals surface area contributed by atoms with E-state index in [0.29, 0.717) is 0 Å². The molecule has 0 aliphatic rings. The van der Waals surface area contributed by atoms with Crippen LogP contribution in [0.5, 0.6) is 0 Å². The van der Waals surface area contributed by atoms with E-state index in [-0.39, 0.29) is 23.7 Å². The largest absolute Gasteiger partial charge is 0.374 e. The van der Waals surface area contributed by atoms with Gasteiger partial charge in [0.15, 0.2) is 0 Å². The van der Waals surface area contributed by atoms with E-state index in [0.717, 1.165) is 6.42 Å². The quantitative estimate of drug-likeness (QED) is 0.751. The van der Waals surface area contributed by atoms with Crippen LogP contribution in [0.4, 0.5) is 0 Å². The smallest absolute Gasteiger partial charge is 0.239 e. The van der Waals surface area contributed by atoms with E-state index in [1.54, 1.807) is 0 Å². The van der Waals surface area contributed by atoms with Crippen molar-refractivity contribution in [2.75, 3.05) is 6.61 Å². The molecule has 0 spiro atoms. The molecule has 96 valence electrons. The summed E-state index contributed by atoms with van der Waals surface area (Å²) in [4.78, 5) is 11.7. The van der Waals surface area contributed by atoms with E-state index in [2.05, 4.69) is 5.32 Å². The molecule has 4 heteroatoms. The lowest BCUT2D eigenvalue weighted by atomic mass is 10.0. The second-order valence-electron chi connectivity index (χ2n) is 5.76. The predicted octanol–water partition coefficient (Wildman–Crippen LogP) is 1.43. The maximum Gasteiger partial charge on any atom is 0.239 e. The molecule has 0 aliphatic carbocycles. The Kier molecular flexibility index (Phi) is 5.42. The first-order valence-corrected chi connectivity index (χ1v) is 5.79. The van der Waals surface area contributed by atoms with Crippen LogP contribution in [0.15, 0.2) is 0 Å². The highest BCUT2D eigenvalue weighted by Crippen LogP contribution is 2.09. The average Bonchev–Trinajstić information content (AvgIpc) is 2.12. The molecule has 0 aromatic rings. The van der Waals surface area contributed by atoms with Crippen LogP contribution in [0, 0.1) is 0 Å². The van der Waals surface area contributed by atoms with Gasteiger partial charge in [-0.2, -0.15) is 0 Å². The number of hydrogen-bond acceptors (Lipinski definition) is 3. The van der Waals surface area contributed by atoms with Crippen LogP contribution in [-0.4, -0.2) is 29.7 Å². The van der Waals surface area contributed by atoms with Crippen molar-refractivity contribution in [2.24, 2.45) is 5.73 Å². The first kappa shape index (κ1) is 15.4. The molecule has 0 radical (unpaired) electrons. The molecule has 0 saturated heterocycles. The van der Waals surface area contributed by atoms with Crippen molar-refractivity contribution in [3.05, 3.63) is 0 Å². The van der Waals surface area contributed by atoms with Crippen molar-refractivity contribution in [2.45, 2.75) is 65.1 Å². The average molecular weight is 230 g/mol. The Morgan fingerprint density at radius 1 is 1.31 bits per heavy atom. The van der Waals surface area contributed by atoms with Crippen LogP contribution >= 0.6 is 0 Å². The molecule has 0 saturated carbocycles.